The number of piperazine rings is 1. The Morgan fingerprint density at radius 1 is 0.882 bits per heavy atom. The van der Waals surface area contributed by atoms with Crippen LogP contribution >= 0.6 is 0 Å². The zero-order valence-corrected chi connectivity index (χ0v) is 19.3. The first-order valence-corrected chi connectivity index (χ1v) is 11.6. The van der Waals surface area contributed by atoms with Crippen LogP contribution in [0.5, 0.6) is 11.5 Å². The number of benzene rings is 3. The summed E-state index contributed by atoms with van der Waals surface area (Å²) in [6.45, 7) is 6.04. The molecule has 7 heteroatoms. The highest BCUT2D eigenvalue weighted by Gasteiger charge is 2.14. The van der Waals surface area contributed by atoms with Crippen molar-refractivity contribution < 1.29 is 9.84 Å². The number of aromatic hydroxyl groups is 1. The van der Waals surface area contributed by atoms with Crippen LogP contribution in [0.3, 0.4) is 0 Å². The second-order valence-corrected chi connectivity index (χ2v) is 8.57. The molecular formula is C27H29N5O2. The minimum atomic E-state index is 0.154. The third-order valence-electron chi connectivity index (χ3n) is 6.14. The van der Waals surface area contributed by atoms with Gasteiger partial charge in [0.25, 0.3) is 0 Å². The lowest BCUT2D eigenvalue weighted by atomic mass is 10.1. The molecule has 7 nitrogen and oxygen atoms in total. The second kappa shape index (κ2) is 10.1. The highest BCUT2D eigenvalue weighted by Crippen LogP contribution is 2.31. The minimum Gasteiger partial charge on any atom is -0.507 e. The fourth-order valence-corrected chi connectivity index (χ4v) is 4.09. The average Bonchev–Trinajstić information content (AvgIpc) is 2.86. The molecule has 4 aromatic rings. The van der Waals surface area contributed by atoms with Crippen LogP contribution in [0.1, 0.15) is 0 Å². The largest absolute Gasteiger partial charge is 0.507 e. The fourth-order valence-electron chi connectivity index (χ4n) is 4.09. The molecule has 1 aliphatic heterocycles. The summed E-state index contributed by atoms with van der Waals surface area (Å²) < 4.78 is 5.96. The van der Waals surface area contributed by atoms with Gasteiger partial charge in [0.15, 0.2) is 5.82 Å². The molecule has 0 amide bonds. The van der Waals surface area contributed by atoms with Crippen molar-refractivity contribution in [3.63, 3.8) is 0 Å². The van der Waals surface area contributed by atoms with Gasteiger partial charge in [-0.15, -0.1) is 0 Å². The lowest BCUT2D eigenvalue weighted by molar-refractivity contribution is 0.134. The van der Waals surface area contributed by atoms with E-state index in [1.165, 1.54) is 0 Å². The predicted octanol–water partition coefficient (Wildman–Crippen LogP) is 4.37. The Bertz CT molecular complexity index is 1250. The van der Waals surface area contributed by atoms with Crippen LogP contribution in [0.2, 0.25) is 0 Å². The molecule has 0 atom stereocenters. The molecule has 174 valence electrons. The summed E-state index contributed by atoms with van der Waals surface area (Å²) >= 11 is 0. The second-order valence-electron chi connectivity index (χ2n) is 8.57. The van der Waals surface area contributed by atoms with Gasteiger partial charge in [-0.3, -0.25) is 4.90 Å². The molecule has 1 aliphatic rings. The van der Waals surface area contributed by atoms with Gasteiger partial charge in [0.1, 0.15) is 23.9 Å². The number of phenolic OH excluding ortho intramolecular Hbond substituents is 1. The molecule has 3 aromatic carbocycles. The SMILES string of the molecule is CN1CCN(CCOc2ccc(Nc3nc(-c4ccccc4O)nc4ccccc34)cc2)CC1. The number of anilines is 2. The van der Waals surface area contributed by atoms with Gasteiger partial charge >= 0.3 is 0 Å². The van der Waals surface area contributed by atoms with Crippen molar-refractivity contribution in [2.45, 2.75) is 0 Å². The first-order valence-electron chi connectivity index (χ1n) is 11.6. The number of phenols is 1. The molecule has 0 unspecified atom stereocenters. The van der Waals surface area contributed by atoms with Crippen molar-refractivity contribution in [3.8, 4) is 22.9 Å². The molecule has 0 radical (unpaired) electrons. The number of ether oxygens (including phenoxy) is 1. The molecule has 2 N–H and O–H groups in total. The van der Waals surface area contributed by atoms with Gasteiger partial charge in [0.2, 0.25) is 0 Å². The normalized spacial score (nSPS) is 14.9. The summed E-state index contributed by atoms with van der Waals surface area (Å²) in [5.74, 6) is 2.17. The van der Waals surface area contributed by atoms with Gasteiger partial charge in [-0.05, 0) is 55.6 Å². The van der Waals surface area contributed by atoms with Gasteiger partial charge in [-0.1, -0.05) is 24.3 Å². The number of nitrogens with one attached hydrogen (secondary N) is 1. The topological polar surface area (TPSA) is 73.8 Å². The van der Waals surface area contributed by atoms with E-state index in [2.05, 4.69) is 27.1 Å². The smallest absolute Gasteiger partial charge is 0.165 e. The molecular weight excluding hydrogens is 426 g/mol. The van der Waals surface area contributed by atoms with Crippen LogP contribution in [0.25, 0.3) is 22.3 Å². The Balaban J connectivity index is 1.29. The number of aromatic nitrogens is 2. The van der Waals surface area contributed by atoms with Crippen molar-refractivity contribution in [2.75, 3.05) is 51.7 Å². The highest BCUT2D eigenvalue weighted by atomic mass is 16.5. The molecule has 1 aromatic heterocycles. The highest BCUT2D eigenvalue weighted by molar-refractivity contribution is 5.92. The molecule has 2 heterocycles. The van der Waals surface area contributed by atoms with Gasteiger partial charge in [0.05, 0.1) is 11.1 Å². The van der Waals surface area contributed by atoms with Gasteiger partial charge in [0, 0.05) is 43.8 Å². The van der Waals surface area contributed by atoms with Crippen molar-refractivity contribution in [1.82, 2.24) is 19.8 Å². The van der Waals surface area contributed by atoms with Crippen LogP contribution in [0.15, 0.2) is 72.8 Å². The van der Waals surface area contributed by atoms with Gasteiger partial charge in [-0.25, -0.2) is 9.97 Å². The number of para-hydroxylation sites is 2. The zero-order valence-electron chi connectivity index (χ0n) is 19.3. The van der Waals surface area contributed by atoms with Gasteiger partial charge in [-0.2, -0.15) is 0 Å². The standard InChI is InChI=1S/C27H29N5O2/c1-31-14-16-32(17-15-31)18-19-34-21-12-10-20(11-13-21)28-26-22-6-2-4-8-24(22)29-27(30-26)23-7-3-5-9-25(23)33/h2-13,33H,14-19H2,1H3,(H,28,29,30). The molecule has 0 bridgehead atoms. The molecule has 34 heavy (non-hydrogen) atoms. The van der Waals surface area contributed by atoms with Crippen LogP contribution in [-0.4, -0.2) is 71.3 Å². The van der Waals surface area contributed by atoms with Crippen LogP contribution in [0.4, 0.5) is 11.5 Å². The van der Waals surface area contributed by atoms with Crippen molar-refractivity contribution in [2.24, 2.45) is 0 Å². The Morgan fingerprint density at radius 3 is 2.41 bits per heavy atom. The van der Waals surface area contributed by atoms with Crippen LogP contribution in [0, 0.1) is 0 Å². The first kappa shape index (κ1) is 22.1. The van der Waals surface area contributed by atoms with Gasteiger partial charge < -0.3 is 20.1 Å². The maximum absolute atomic E-state index is 10.3. The van der Waals surface area contributed by atoms with Crippen molar-refractivity contribution in [1.29, 1.82) is 0 Å². The number of nitrogens with zero attached hydrogens (tertiary/aromatic N) is 4. The molecule has 0 aliphatic carbocycles. The lowest BCUT2D eigenvalue weighted by Crippen LogP contribution is -2.45. The summed E-state index contributed by atoms with van der Waals surface area (Å²) in [6.07, 6.45) is 0. The fraction of sp³-hybridized carbons (Fsp3) is 0.259. The average molecular weight is 456 g/mol. The van der Waals surface area contributed by atoms with E-state index >= 15 is 0 Å². The van der Waals surface area contributed by atoms with Crippen LogP contribution < -0.4 is 10.1 Å². The van der Waals surface area contributed by atoms with E-state index in [1.807, 2.05) is 60.7 Å². The Hall–Kier alpha value is -3.68. The first-order chi connectivity index (χ1) is 16.7. The van der Waals surface area contributed by atoms with E-state index < -0.39 is 0 Å². The number of likely N-dealkylation sites (N-methyl/N-ethyl adjacent to an activating group) is 1. The number of fused-ring (bicyclic) bond motifs is 1. The summed E-state index contributed by atoms with van der Waals surface area (Å²) in [7, 11) is 2.17. The summed E-state index contributed by atoms with van der Waals surface area (Å²) in [6, 6.07) is 22.9. The molecule has 0 saturated carbocycles. The third kappa shape index (κ3) is 5.11. The third-order valence-corrected chi connectivity index (χ3v) is 6.14. The zero-order chi connectivity index (χ0) is 23.3. The van der Waals surface area contributed by atoms with E-state index in [9.17, 15) is 5.11 Å². The molecule has 1 fully saturated rings. The van der Waals surface area contributed by atoms with E-state index in [1.54, 1.807) is 12.1 Å². The Labute approximate surface area is 199 Å². The van der Waals surface area contributed by atoms with E-state index in [4.69, 9.17) is 9.72 Å². The summed E-state index contributed by atoms with van der Waals surface area (Å²) in [4.78, 5) is 14.2. The molecule has 5 rings (SSSR count). The minimum absolute atomic E-state index is 0.154. The van der Waals surface area contributed by atoms with E-state index in [0.29, 0.717) is 23.8 Å². The maximum atomic E-state index is 10.3. The van der Waals surface area contributed by atoms with E-state index in [-0.39, 0.29) is 5.75 Å². The Kier molecular flexibility index (Phi) is 6.56. The monoisotopic (exact) mass is 455 g/mol. The molecule has 0 spiro atoms. The number of hydrogen-bond acceptors (Lipinski definition) is 7. The van der Waals surface area contributed by atoms with Crippen molar-refractivity contribution >= 4 is 22.4 Å². The lowest BCUT2D eigenvalue weighted by Gasteiger charge is -2.32. The quantitative estimate of drug-likeness (QED) is 0.429. The molecule has 1 saturated heterocycles. The van der Waals surface area contributed by atoms with E-state index in [0.717, 1.165) is 55.1 Å². The van der Waals surface area contributed by atoms with Crippen molar-refractivity contribution in [3.05, 3.63) is 72.8 Å². The maximum Gasteiger partial charge on any atom is 0.165 e. The predicted molar refractivity (Wildman–Crippen MR) is 136 cm³/mol. The summed E-state index contributed by atoms with van der Waals surface area (Å²) in [5, 5.41) is 14.6. The Morgan fingerprint density at radius 2 is 1.62 bits per heavy atom. The number of rotatable bonds is 7. The van der Waals surface area contributed by atoms with Crippen LogP contribution in [-0.2, 0) is 0 Å². The number of hydrogen-bond donors (Lipinski definition) is 2. The summed E-state index contributed by atoms with van der Waals surface area (Å²) in [5.41, 5.74) is 2.31.